The number of aryl methyl sites for hydroxylation is 3. The van der Waals surface area contributed by atoms with E-state index in [4.69, 9.17) is 4.74 Å². The topological polar surface area (TPSA) is 117 Å². The number of aromatic nitrogens is 1. The zero-order chi connectivity index (χ0) is 25.4. The first-order valence-electron chi connectivity index (χ1n) is 10.9. The lowest BCUT2D eigenvalue weighted by atomic mass is 10.1. The zero-order valence-electron chi connectivity index (χ0n) is 20.2. The van der Waals surface area contributed by atoms with Crippen LogP contribution in [0.1, 0.15) is 43.0 Å². The second-order valence-corrected chi connectivity index (χ2v) is 11.2. The quantitative estimate of drug-likeness (QED) is 0.521. The summed E-state index contributed by atoms with van der Waals surface area (Å²) in [6, 6.07) is 8.91. The van der Waals surface area contributed by atoms with Crippen LogP contribution >= 0.6 is 0 Å². The average molecular weight is 487 g/mol. The molecule has 0 saturated carbocycles. The van der Waals surface area contributed by atoms with Crippen molar-refractivity contribution < 1.29 is 27.9 Å². The highest BCUT2D eigenvalue weighted by Gasteiger charge is 2.43. The highest BCUT2D eigenvalue weighted by Crippen LogP contribution is 2.30. The standard InChI is InChI=1S/C25H30N2O6S/c1-15-11-16(2)22(17(3)12-15)34(31,32)27(24(30)33-25(4,5)6)21(23(28)29)13-18-14-26-20-10-8-7-9-19(18)20/h7-12,14,21,26H,13H2,1-6H3,(H,28,29)/t21-/m0/s1. The summed E-state index contributed by atoms with van der Waals surface area (Å²) in [5, 5.41) is 10.9. The van der Waals surface area contributed by atoms with Crippen LogP contribution in [0.3, 0.4) is 0 Å². The number of rotatable bonds is 6. The Hall–Kier alpha value is -3.33. The second-order valence-electron chi connectivity index (χ2n) is 9.43. The zero-order valence-corrected chi connectivity index (χ0v) is 21.0. The summed E-state index contributed by atoms with van der Waals surface area (Å²) in [4.78, 5) is 28.7. The lowest BCUT2D eigenvalue weighted by Crippen LogP contribution is -2.51. The monoisotopic (exact) mass is 486 g/mol. The number of hydrogen-bond acceptors (Lipinski definition) is 5. The minimum Gasteiger partial charge on any atom is -0.480 e. The predicted molar refractivity (Wildman–Crippen MR) is 129 cm³/mol. The van der Waals surface area contributed by atoms with Crippen molar-refractivity contribution in [2.75, 3.05) is 0 Å². The van der Waals surface area contributed by atoms with Crippen LogP contribution in [0.25, 0.3) is 10.9 Å². The van der Waals surface area contributed by atoms with Crippen molar-refractivity contribution in [1.29, 1.82) is 0 Å². The van der Waals surface area contributed by atoms with Gasteiger partial charge in [-0.25, -0.2) is 18.0 Å². The fourth-order valence-corrected chi connectivity index (χ4v) is 6.01. The van der Waals surface area contributed by atoms with Gasteiger partial charge in [0.2, 0.25) is 0 Å². The molecule has 0 unspecified atom stereocenters. The van der Waals surface area contributed by atoms with Crippen molar-refractivity contribution in [2.24, 2.45) is 0 Å². The largest absolute Gasteiger partial charge is 0.480 e. The van der Waals surface area contributed by atoms with E-state index >= 15 is 0 Å². The molecule has 1 amide bonds. The van der Waals surface area contributed by atoms with Crippen molar-refractivity contribution in [3.05, 3.63) is 64.8 Å². The molecule has 3 aromatic rings. The summed E-state index contributed by atoms with van der Waals surface area (Å²) in [6.45, 7) is 9.85. The number of aliphatic carboxylic acids is 1. The number of nitrogens with one attached hydrogen (secondary N) is 1. The maximum atomic E-state index is 13.9. The number of fused-ring (bicyclic) bond motifs is 1. The number of H-pyrrole nitrogens is 1. The van der Waals surface area contributed by atoms with Crippen LogP contribution in [0.15, 0.2) is 47.5 Å². The Morgan fingerprint density at radius 3 is 2.24 bits per heavy atom. The molecule has 1 aromatic heterocycles. The van der Waals surface area contributed by atoms with E-state index in [2.05, 4.69) is 4.98 Å². The fourth-order valence-electron chi connectivity index (χ4n) is 4.15. The number of hydrogen-bond donors (Lipinski definition) is 2. The van der Waals surface area contributed by atoms with Crippen molar-refractivity contribution in [3.63, 3.8) is 0 Å². The number of para-hydroxylation sites is 1. The molecule has 0 fully saturated rings. The molecular formula is C25H30N2O6S. The smallest absolute Gasteiger partial charge is 0.425 e. The van der Waals surface area contributed by atoms with Gasteiger partial charge >= 0.3 is 12.1 Å². The molecule has 34 heavy (non-hydrogen) atoms. The van der Waals surface area contributed by atoms with Crippen LogP contribution in [0.5, 0.6) is 0 Å². The van der Waals surface area contributed by atoms with Crippen LogP contribution < -0.4 is 0 Å². The first-order chi connectivity index (χ1) is 15.7. The maximum absolute atomic E-state index is 13.9. The third kappa shape index (κ3) is 5.09. The molecular weight excluding hydrogens is 456 g/mol. The predicted octanol–water partition coefficient (Wildman–Crippen LogP) is 4.71. The van der Waals surface area contributed by atoms with E-state index in [0.29, 0.717) is 21.0 Å². The number of amides is 1. The van der Waals surface area contributed by atoms with Crippen molar-refractivity contribution in [3.8, 4) is 0 Å². The normalized spacial score (nSPS) is 13.0. The van der Waals surface area contributed by atoms with Crippen LogP contribution in [-0.2, 0) is 26.0 Å². The van der Waals surface area contributed by atoms with Gasteiger partial charge in [-0.15, -0.1) is 0 Å². The number of carbonyl (C=O) groups is 2. The van der Waals surface area contributed by atoms with Gasteiger partial charge in [-0.2, -0.15) is 4.31 Å². The Labute approximate surface area is 199 Å². The van der Waals surface area contributed by atoms with E-state index in [-0.39, 0.29) is 11.3 Å². The van der Waals surface area contributed by atoms with E-state index in [1.54, 1.807) is 65.1 Å². The molecule has 1 heterocycles. The molecule has 1 atom stereocenters. The van der Waals surface area contributed by atoms with Crippen molar-refractivity contribution in [2.45, 2.75) is 64.5 Å². The number of nitrogens with zero attached hydrogens (tertiary/aromatic N) is 1. The van der Waals surface area contributed by atoms with Gasteiger partial charge in [0.15, 0.2) is 6.04 Å². The van der Waals surface area contributed by atoms with Gasteiger partial charge in [-0.3, -0.25) is 0 Å². The minimum atomic E-state index is -4.58. The van der Waals surface area contributed by atoms with Gasteiger partial charge in [0.1, 0.15) is 5.60 Å². The molecule has 8 nitrogen and oxygen atoms in total. The number of sulfonamides is 1. The van der Waals surface area contributed by atoms with Gasteiger partial charge < -0.3 is 14.8 Å². The lowest BCUT2D eigenvalue weighted by Gasteiger charge is -2.31. The number of aromatic amines is 1. The SMILES string of the molecule is Cc1cc(C)c(S(=O)(=O)N(C(=O)OC(C)(C)C)[C@@H](Cc2c[nH]c3ccccc23)C(=O)O)c(C)c1. The molecule has 182 valence electrons. The Morgan fingerprint density at radius 2 is 1.68 bits per heavy atom. The Kier molecular flexibility index (Phi) is 6.80. The molecule has 0 saturated heterocycles. The minimum absolute atomic E-state index is 0.103. The molecule has 0 spiro atoms. The van der Waals surface area contributed by atoms with E-state index in [0.717, 1.165) is 16.5 Å². The number of ether oxygens (including phenoxy) is 1. The van der Waals surface area contributed by atoms with E-state index in [1.165, 1.54) is 0 Å². The maximum Gasteiger partial charge on any atom is 0.425 e. The van der Waals surface area contributed by atoms with Crippen LogP contribution in [0.4, 0.5) is 4.79 Å². The Bertz CT molecular complexity index is 1330. The summed E-state index contributed by atoms with van der Waals surface area (Å²) < 4.78 is 33.6. The second kappa shape index (κ2) is 9.13. The molecule has 0 bridgehead atoms. The van der Waals surface area contributed by atoms with Crippen LogP contribution in [0, 0.1) is 20.8 Å². The summed E-state index contributed by atoms with van der Waals surface area (Å²) in [6.07, 6.45) is 0.157. The molecule has 2 N–H and O–H groups in total. The molecule has 3 rings (SSSR count). The first-order valence-corrected chi connectivity index (χ1v) is 12.3. The van der Waals surface area contributed by atoms with Crippen LogP contribution in [0.2, 0.25) is 0 Å². The van der Waals surface area contributed by atoms with Crippen molar-refractivity contribution >= 4 is 33.0 Å². The summed E-state index contributed by atoms with van der Waals surface area (Å²) in [5.41, 5.74) is 2.00. The van der Waals surface area contributed by atoms with E-state index < -0.39 is 33.7 Å². The van der Waals surface area contributed by atoms with Crippen molar-refractivity contribution in [1.82, 2.24) is 9.29 Å². The molecule has 0 radical (unpaired) electrons. The van der Waals surface area contributed by atoms with E-state index in [9.17, 15) is 23.1 Å². The molecule has 0 aliphatic heterocycles. The third-order valence-corrected chi connectivity index (χ3v) is 7.43. The van der Waals surface area contributed by atoms with E-state index in [1.807, 2.05) is 19.1 Å². The molecule has 0 aliphatic rings. The Balaban J connectivity index is 2.19. The third-order valence-electron chi connectivity index (χ3n) is 5.35. The first kappa shape index (κ1) is 25.3. The van der Waals surface area contributed by atoms with Gasteiger partial charge in [0.25, 0.3) is 10.0 Å². The summed E-state index contributed by atoms with van der Waals surface area (Å²) in [7, 11) is -4.58. The van der Waals surface area contributed by atoms with Gasteiger partial charge in [-0.05, 0) is 64.3 Å². The van der Waals surface area contributed by atoms with Gasteiger partial charge in [-0.1, -0.05) is 35.9 Å². The molecule has 2 aromatic carbocycles. The Morgan fingerprint density at radius 1 is 1.09 bits per heavy atom. The van der Waals surface area contributed by atoms with Gasteiger partial charge in [0, 0.05) is 23.5 Å². The molecule has 0 aliphatic carbocycles. The number of carbonyl (C=O) groups excluding carboxylic acids is 1. The average Bonchev–Trinajstić information content (AvgIpc) is 3.07. The number of benzene rings is 2. The van der Waals surface area contributed by atoms with Crippen LogP contribution in [-0.4, -0.2) is 46.5 Å². The van der Waals surface area contributed by atoms with Gasteiger partial charge in [0.05, 0.1) is 4.90 Å². The highest BCUT2D eigenvalue weighted by molar-refractivity contribution is 7.89. The number of carboxylic acid groups (broad SMARTS) is 1. The lowest BCUT2D eigenvalue weighted by molar-refractivity contribution is -0.141. The fraction of sp³-hybridized carbons (Fsp3) is 0.360. The summed E-state index contributed by atoms with van der Waals surface area (Å²) >= 11 is 0. The summed E-state index contributed by atoms with van der Waals surface area (Å²) in [5.74, 6) is -1.46. The molecule has 9 heteroatoms. The highest BCUT2D eigenvalue weighted by atomic mass is 32.2. The number of carboxylic acids is 1.